The number of benzene rings is 1. The standard InChI is InChI=1S/C21H28N4O/c1-14(2)19(13-26)23-21-22-18(16-7-8-16)11-20(24-21)25-10-9-15-5-3-4-6-17(15)12-25/h3-6,11,14,16,19,26H,7-10,12-13H2,1-2H3,(H,22,23,24)/t19-/m0/s1. The molecule has 0 radical (unpaired) electrons. The lowest BCUT2D eigenvalue weighted by Crippen LogP contribution is -2.33. The summed E-state index contributed by atoms with van der Waals surface area (Å²) in [6.45, 7) is 6.15. The number of aliphatic hydroxyl groups excluding tert-OH is 1. The number of aliphatic hydroxyl groups is 1. The molecule has 0 saturated heterocycles. The third-order valence-corrected chi connectivity index (χ3v) is 5.50. The van der Waals surface area contributed by atoms with Crippen LogP contribution < -0.4 is 10.2 Å². The van der Waals surface area contributed by atoms with Crippen molar-refractivity contribution in [2.24, 2.45) is 5.92 Å². The van der Waals surface area contributed by atoms with Gasteiger partial charge in [-0.3, -0.25) is 0 Å². The SMILES string of the molecule is CC(C)[C@H](CO)Nc1nc(C2CC2)cc(N2CCc3ccccc3C2)n1. The zero-order valence-electron chi connectivity index (χ0n) is 15.7. The summed E-state index contributed by atoms with van der Waals surface area (Å²) >= 11 is 0. The molecule has 4 rings (SSSR count). The van der Waals surface area contributed by atoms with Crippen LogP contribution in [0.2, 0.25) is 0 Å². The summed E-state index contributed by atoms with van der Waals surface area (Å²) < 4.78 is 0. The van der Waals surface area contributed by atoms with E-state index in [1.54, 1.807) is 0 Å². The Balaban J connectivity index is 1.61. The lowest BCUT2D eigenvalue weighted by atomic mass is 10.00. The lowest BCUT2D eigenvalue weighted by molar-refractivity contribution is 0.248. The summed E-state index contributed by atoms with van der Waals surface area (Å²) in [7, 11) is 0. The second-order valence-electron chi connectivity index (χ2n) is 7.87. The fourth-order valence-electron chi connectivity index (χ4n) is 3.55. The van der Waals surface area contributed by atoms with Crippen molar-refractivity contribution >= 4 is 11.8 Å². The van der Waals surface area contributed by atoms with E-state index in [1.807, 2.05) is 0 Å². The minimum Gasteiger partial charge on any atom is -0.394 e. The van der Waals surface area contributed by atoms with Crippen molar-refractivity contribution in [2.45, 2.75) is 51.6 Å². The van der Waals surface area contributed by atoms with Gasteiger partial charge in [0.25, 0.3) is 0 Å². The summed E-state index contributed by atoms with van der Waals surface area (Å²) in [6, 6.07) is 10.8. The van der Waals surface area contributed by atoms with Gasteiger partial charge in [-0.15, -0.1) is 0 Å². The molecule has 138 valence electrons. The average Bonchev–Trinajstić information content (AvgIpc) is 3.50. The Morgan fingerprint density at radius 1 is 1.19 bits per heavy atom. The van der Waals surface area contributed by atoms with E-state index in [1.165, 1.54) is 24.0 Å². The summed E-state index contributed by atoms with van der Waals surface area (Å²) in [4.78, 5) is 11.9. The highest BCUT2D eigenvalue weighted by Gasteiger charge is 2.28. The van der Waals surface area contributed by atoms with Crippen LogP contribution in [-0.4, -0.2) is 34.3 Å². The van der Waals surface area contributed by atoms with Crippen LogP contribution in [-0.2, 0) is 13.0 Å². The Morgan fingerprint density at radius 3 is 2.65 bits per heavy atom. The van der Waals surface area contributed by atoms with Gasteiger partial charge in [0, 0.05) is 25.1 Å². The van der Waals surface area contributed by atoms with Crippen molar-refractivity contribution < 1.29 is 5.11 Å². The lowest BCUT2D eigenvalue weighted by Gasteiger charge is -2.30. The highest BCUT2D eigenvalue weighted by Crippen LogP contribution is 2.40. The maximum atomic E-state index is 9.65. The fraction of sp³-hybridized carbons (Fsp3) is 0.524. The van der Waals surface area contributed by atoms with E-state index in [0.717, 1.165) is 31.0 Å². The van der Waals surface area contributed by atoms with Crippen LogP contribution in [0.5, 0.6) is 0 Å². The number of aromatic nitrogens is 2. The molecule has 0 bridgehead atoms. The normalized spacial score (nSPS) is 17.9. The van der Waals surface area contributed by atoms with Gasteiger partial charge in [-0.05, 0) is 36.3 Å². The van der Waals surface area contributed by atoms with Crippen molar-refractivity contribution in [3.05, 3.63) is 47.2 Å². The third kappa shape index (κ3) is 3.68. The Labute approximate surface area is 155 Å². The zero-order valence-corrected chi connectivity index (χ0v) is 15.7. The first kappa shape index (κ1) is 17.3. The molecule has 5 heteroatoms. The van der Waals surface area contributed by atoms with Crippen molar-refractivity contribution in [1.82, 2.24) is 9.97 Å². The van der Waals surface area contributed by atoms with Gasteiger partial charge in [0.1, 0.15) is 5.82 Å². The molecule has 0 unspecified atom stereocenters. The van der Waals surface area contributed by atoms with E-state index < -0.39 is 0 Å². The van der Waals surface area contributed by atoms with Gasteiger partial charge in [-0.1, -0.05) is 38.1 Å². The van der Waals surface area contributed by atoms with Gasteiger partial charge in [0.15, 0.2) is 0 Å². The monoisotopic (exact) mass is 352 g/mol. The molecule has 2 aromatic rings. The van der Waals surface area contributed by atoms with Crippen molar-refractivity contribution in [3.63, 3.8) is 0 Å². The molecule has 1 saturated carbocycles. The minimum absolute atomic E-state index is 0.0283. The first-order valence-corrected chi connectivity index (χ1v) is 9.72. The number of rotatable bonds is 6. The number of nitrogens with one attached hydrogen (secondary N) is 1. The molecule has 1 fully saturated rings. The first-order chi connectivity index (χ1) is 12.6. The number of hydrogen-bond donors (Lipinski definition) is 2. The number of hydrogen-bond acceptors (Lipinski definition) is 5. The van der Waals surface area contributed by atoms with E-state index in [-0.39, 0.29) is 12.6 Å². The molecule has 5 nitrogen and oxygen atoms in total. The summed E-state index contributed by atoms with van der Waals surface area (Å²) in [5.74, 6) is 2.54. The summed E-state index contributed by atoms with van der Waals surface area (Å²) in [5, 5.41) is 13.0. The average molecular weight is 352 g/mol. The molecule has 1 aromatic carbocycles. The first-order valence-electron chi connectivity index (χ1n) is 9.72. The molecule has 2 aliphatic rings. The second kappa shape index (κ2) is 7.23. The molecule has 1 atom stereocenters. The molecule has 1 aliphatic carbocycles. The van der Waals surface area contributed by atoms with E-state index in [0.29, 0.717) is 17.8 Å². The van der Waals surface area contributed by atoms with E-state index in [9.17, 15) is 5.11 Å². The van der Waals surface area contributed by atoms with Crippen LogP contribution in [0, 0.1) is 5.92 Å². The van der Waals surface area contributed by atoms with Crippen LogP contribution in [0.1, 0.15) is 49.4 Å². The predicted molar refractivity (Wildman–Crippen MR) is 105 cm³/mol. The van der Waals surface area contributed by atoms with E-state index in [2.05, 4.69) is 54.4 Å². The maximum absolute atomic E-state index is 9.65. The van der Waals surface area contributed by atoms with Gasteiger partial charge in [0.05, 0.1) is 18.3 Å². The van der Waals surface area contributed by atoms with Crippen LogP contribution >= 0.6 is 0 Å². The van der Waals surface area contributed by atoms with Gasteiger partial charge in [-0.25, -0.2) is 4.98 Å². The Bertz CT molecular complexity index is 772. The molecule has 1 aliphatic heterocycles. The summed E-state index contributed by atoms with van der Waals surface area (Å²) in [6.07, 6.45) is 3.48. The molecule has 26 heavy (non-hydrogen) atoms. The van der Waals surface area contributed by atoms with E-state index in [4.69, 9.17) is 9.97 Å². The van der Waals surface area contributed by atoms with Crippen LogP contribution in [0.25, 0.3) is 0 Å². The van der Waals surface area contributed by atoms with E-state index >= 15 is 0 Å². The maximum Gasteiger partial charge on any atom is 0.225 e. The summed E-state index contributed by atoms with van der Waals surface area (Å²) in [5.41, 5.74) is 3.96. The highest BCUT2D eigenvalue weighted by molar-refractivity contribution is 5.49. The smallest absolute Gasteiger partial charge is 0.225 e. The molecule has 2 heterocycles. The Kier molecular flexibility index (Phi) is 4.81. The third-order valence-electron chi connectivity index (χ3n) is 5.50. The number of fused-ring (bicyclic) bond motifs is 1. The molecular weight excluding hydrogens is 324 g/mol. The van der Waals surface area contributed by atoms with Crippen LogP contribution in [0.3, 0.4) is 0 Å². The van der Waals surface area contributed by atoms with Crippen LogP contribution in [0.4, 0.5) is 11.8 Å². The van der Waals surface area contributed by atoms with Gasteiger partial charge < -0.3 is 15.3 Å². The predicted octanol–water partition coefficient (Wildman–Crippen LogP) is 3.35. The Hall–Kier alpha value is -2.14. The Morgan fingerprint density at radius 2 is 1.96 bits per heavy atom. The fourth-order valence-corrected chi connectivity index (χ4v) is 3.55. The largest absolute Gasteiger partial charge is 0.394 e. The number of nitrogens with zero attached hydrogens (tertiary/aromatic N) is 3. The van der Waals surface area contributed by atoms with Crippen molar-refractivity contribution in [3.8, 4) is 0 Å². The van der Waals surface area contributed by atoms with Gasteiger partial charge in [-0.2, -0.15) is 4.98 Å². The topological polar surface area (TPSA) is 61.3 Å². The minimum atomic E-state index is -0.0283. The molecule has 0 spiro atoms. The molecule has 1 aromatic heterocycles. The van der Waals surface area contributed by atoms with Gasteiger partial charge >= 0.3 is 0 Å². The van der Waals surface area contributed by atoms with Gasteiger partial charge in [0.2, 0.25) is 5.95 Å². The van der Waals surface area contributed by atoms with Crippen molar-refractivity contribution in [2.75, 3.05) is 23.4 Å². The van der Waals surface area contributed by atoms with Crippen LogP contribution in [0.15, 0.2) is 30.3 Å². The molecule has 2 N–H and O–H groups in total. The second-order valence-corrected chi connectivity index (χ2v) is 7.87. The number of anilines is 2. The van der Waals surface area contributed by atoms with Crippen molar-refractivity contribution in [1.29, 1.82) is 0 Å². The quantitative estimate of drug-likeness (QED) is 0.835. The molecule has 0 amide bonds. The highest BCUT2D eigenvalue weighted by atomic mass is 16.3. The zero-order chi connectivity index (χ0) is 18.1. The molecular formula is C21H28N4O.